The quantitative estimate of drug-likeness (QED) is 0.866. The van der Waals surface area contributed by atoms with Gasteiger partial charge >= 0.3 is 5.97 Å². The van der Waals surface area contributed by atoms with Gasteiger partial charge < -0.3 is 15.3 Å². The van der Waals surface area contributed by atoms with Gasteiger partial charge in [-0.3, -0.25) is 4.79 Å². The summed E-state index contributed by atoms with van der Waals surface area (Å²) in [5.41, 5.74) is 0.0701. The number of halogens is 1. The van der Waals surface area contributed by atoms with E-state index in [1.54, 1.807) is 0 Å². The van der Waals surface area contributed by atoms with Crippen molar-refractivity contribution >= 4 is 29.3 Å². The van der Waals surface area contributed by atoms with Crippen molar-refractivity contribution < 1.29 is 14.7 Å². The van der Waals surface area contributed by atoms with Crippen LogP contribution < -0.4 is 10.2 Å². The zero-order chi connectivity index (χ0) is 15.0. The SMILES string of the molecule is O=C1CCC2CN(c3cc(C(=O)O)c(Cl)cn3)CCC2N1. The average molecular weight is 310 g/mol. The van der Waals surface area contributed by atoms with E-state index in [9.17, 15) is 9.59 Å². The number of carboxylic acid groups (broad SMARTS) is 1. The van der Waals surface area contributed by atoms with Gasteiger partial charge in [0, 0.05) is 31.7 Å². The number of carbonyl (C=O) groups is 2. The van der Waals surface area contributed by atoms with Crippen LogP contribution >= 0.6 is 11.6 Å². The van der Waals surface area contributed by atoms with E-state index in [-0.39, 0.29) is 22.5 Å². The van der Waals surface area contributed by atoms with Crippen LogP contribution in [-0.4, -0.2) is 41.1 Å². The highest BCUT2D eigenvalue weighted by atomic mass is 35.5. The summed E-state index contributed by atoms with van der Waals surface area (Å²) in [4.78, 5) is 28.9. The Kier molecular flexibility index (Phi) is 3.71. The molecule has 0 bridgehead atoms. The van der Waals surface area contributed by atoms with E-state index < -0.39 is 5.97 Å². The number of hydrogen-bond acceptors (Lipinski definition) is 4. The predicted molar refractivity (Wildman–Crippen MR) is 77.7 cm³/mol. The third-order valence-corrected chi connectivity index (χ3v) is 4.52. The lowest BCUT2D eigenvalue weighted by molar-refractivity contribution is -0.124. The van der Waals surface area contributed by atoms with E-state index in [0.29, 0.717) is 18.2 Å². The minimum absolute atomic E-state index is 0.0701. The average Bonchev–Trinajstić information content (AvgIpc) is 2.47. The van der Waals surface area contributed by atoms with E-state index in [1.807, 2.05) is 0 Å². The van der Waals surface area contributed by atoms with Crippen LogP contribution in [0.5, 0.6) is 0 Å². The Bertz CT molecular complexity index is 593. The fraction of sp³-hybridized carbons (Fsp3) is 0.500. The fourth-order valence-electron chi connectivity index (χ4n) is 3.08. The molecule has 21 heavy (non-hydrogen) atoms. The van der Waals surface area contributed by atoms with Crippen LogP contribution in [0.25, 0.3) is 0 Å². The van der Waals surface area contributed by atoms with Crippen molar-refractivity contribution in [3.05, 3.63) is 22.8 Å². The Morgan fingerprint density at radius 2 is 2.29 bits per heavy atom. The van der Waals surface area contributed by atoms with E-state index in [1.165, 1.54) is 12.3 Å². The standard InChI is InChI=1S/C14H16ClN3O3/c15-10-6-16-12(5-9(10)14(20)21)18-4-3-11-8(7-18)1-2-13(19)17-11/h5-6,8,11H,1-4,7H2,(H,17,19)(H,20,21). The molecule has 3 rings (SSSR count). The number of carbonyl (C=O) groups excluding carboxylic acids is 1. The number of carboxylic acids is 1. The molecule has 2 atom stereocenters. The Morgan fingerprint density at radius 3 is 3.05 bits per heavy atom. The van der Waals surface area contributed by atoms with Crippen LogP contribution in [-0.2, 0) is 4.79 Å². The van der Waals surface area contributed by atoms with Gasteiger partial charge in [-0.2, -0.15) is 0 Å². The molecule has 2 aliphatic heterocycles. The van der Waals surface area contributed by atoms with Gasteiger partial charge in [-0.15, -0.1) is 0 Å². The molecule has 0 aromatic carbocycles. The highest BCUT2D eigenvalue weighted by Crippen LogP contribution is 2.29. The van der Waals surface area contributed by atoms with Gasteiger partial charge in [-0.25, -0.2) is 9.78 Å². The lowest BCUT2D eigenvalue weighted by Crippen LogP contribution is -2.54. The first kappa shape index (κ1) is 14.1. The Morgan fingerprint density at radius 1 is 1.48 bits per heavy atom. The smallest absolute Gasteiger partial charge is 0.337 e. The van der Waals surface area contributed by atoms with Crippen molar-refractivity contribution in [1.29, 1.82) is 0 Å². The lowest BCUT2D eigenvalue weighted by Gasteiger charge is -2.41. The van der Waals surface area contributed by atoms with Crippen LogP contribution in [0.4, 0.5) is 5.82 Å². The monoisotopic (exact) mass is 309 g/mol. The number of aromatic carboxylic acids is 1. The number of piperidine rings is 2. The maximum absolute atomic E-state index is 11.4. The van der Waals surface area contributed by atoms with Gasteiger partial charge in [0.25, 0.3) is 0 Å². The molecular formula is C14H16ClN3O3. The molecule has 1 aromatic rings. The van der Waals surface area contributed by atoms with Gasteiger partial charge in [-0.05, 0) is 24.8 Å². The summed E-state index contributed by atoms with van der Waals surface area (Å²) >= 11 is 5.85. The normalized spacial score (nSPS) is 25.2. The molecule has 2 fully saturated rings. The number of hydrogen-bond donors (Lipinski definition) is 2. The number of rotatable bonds is 2. The van der Waals surface area contributed by atoms with E-state index in [4.69, 9.17) is 16.7 Å². The van der Waals surface area contributed by atoms with Crippen LogP contribution in [0.1, 0.15) is 29.6 Å². The summed E-state index contributed by atoms with van der Waals surface area (Å²) in [6.07, 6.45) is 3.66. The second-order valence-corrected chi connectivity index (χ2v) is 5.94. The molecule has 1 aromatic heterocycles. The minimum Gasteiger partial charge on any atom is -0.478 e. The van der Waals surface area contributed by atoms with Crippen LogP contribution in [0.2, 0.25) is 5.02 Å². The summed E-state index contributed by atoms with van der Waals surface area (Å²) in [7, 11) is 0. The van der Waals surface area contributed by atoms with Crippen LogP contribution in [0.15, 0.2) is 12.3 Å². The zero-order valence-electron chi connectivity index (χ0n) is 11.4. The molecule has 0 saturated carbocycles. The summed E-state index contributed by atoms with van der Waals surface area (Å²) in [6, 6.07) is 1.75. The molecule has 7 heteroatoms. The molecule has 112 valence electrons. The molecule has 0 radical (unpaired) electrons. The van der Waals surface area contributed by atoms with Gasteiger partial charge in [0.15, 0.2) is 0 Å². The van der Waals surface area contributed by atoms with Crippen LogP contribution in [0.3, 0.4) is 0 Å². The number of nitrogens with zero attached hydrogens (tertiary/aromatic N) is 2. The maximum atomic E-state index is 11.4. The van der Waals surface area contributed by atoms with Crippen LogP contribution in [0, 0.1) is 5.92 Å². The van der Waals surface area contributed by atoms with Crippen molar-refractivity contribution in [3.63, 3.8) is 0 Å². The highest BCUT2D eigenvalue weighted by Gasteiger charge is 2.34. The largest absolute Gasteiger partial charge is 0.478 e. The van der Waals surface area contributed by atoms with Crippen molar-refractivity contribution in [3.8, 4) is 0 Å². The third-order valence-electron chi connectivity index (χ3n) is 4.22. The molecule has 6 nitrogen and oxygen atoms in total. The Hall–Kier alpha value is -1.82. The van der Waals surface area contributed by atoms with Crippen molar-refractivity contribution in [1.82, 2.24) is 10.3 Å². The fourth-order valence-corrected chi connectivity index (χ4v) is 3.27. The topological polar surface area (TPSA) is 82.5 Å². The van der Waals surface area contributed by atoms with Crippen molar-refractivity contribution in [2.24, 2.45) is 5.92 Å². The number of pyridine rings is 1. The van der Waals surface area contributed by atoms with E-state index in [0.717, 1.165) is 25.9 Å². The van der Waals surface area contributed by atoms with E-state index in [2.05, 4.69) is 15.2 Å². The second kappa shape index (κ2) is 5.52. The zero-order valence-corrected chi connectivity index (χ0v) is 12.1. The molecule has 2 N–H and O–H groups in total. The van der Waals surface area contributed by atoms with Crippen molar-refractivity contribution in [2.75, 3.05) is 18.0 Å². The molecule has 3 heterocycles. The summed E-state index contributed by atoms with van der Waals surface area (Å²) < 4.78 is 0. The summed E-state index contributed by atoms with van der Waals surface area (Å²) in [6.45, 7) is 1.52. The Labute approximate surface area is 127 Å². The predicted octanol–water partition coefficient (Wildman–Crippen LogP) is 1.54. The maximum Gasteiger partial charge on any atom is 0.337 e. The highest BCUT2D eigenvalue weighted by molar-refractivity contribution is 6.33. The lowest BCUT2D eigenvalue weighted by atomic mass is 9.85. The van der Waals surface area contributed by atoms with Crippen molar-refractivity contribution in [2.45, 2.75) is 25.3 Å². The first-order chi connectivity index (χ1) is 10.0. The van der Waals surface area contributed by atoms with E-state index >= 15 is 0 Å². The first-order valence-electron chi connectivity index (χ1n) is 6.98. The molecular weight excluding hydrogens is 294 g/mol. The summed E-state index contributed by atoms with van der Waals surface area (Å²) in [5, 5.41) is 12.3. The van der Waals surface area contributed by atoms with Gasteiger partial charge in [0.1, 0.15) is 5.82 Å². The number of anilines is 1. The van der Waals surface area contributed by atoms with Gasteiger partial charge in [-0.1, -0.05) is 11.6 Å². The molecule has 1 amide bonds. The number of amides is 1. The molecule has 2 saturated heterocycles. The van der Waals surface area contributed by atoms with Gasteiger partial charge in [0.2, 0.25) is 5.91 Å². The number of aromatic nitrogens is 1. The molecule has 0 spiro atoms. The number of fused-ring (bicyclic) bond motifs is 1. The minimum atomic E-state index is -1.05. The second-order valence-electron chi connectivity index (χ2n) is 5.53. The third kappa shape index (κ3) is 2.81. The first-order valence-corrected chi connectivity index (χ1v) is 7.35. The molecule has 0 aliphatic carbocycles. The number of nitrogens with one attached hydrogen (secondary N) is 1. The van der Waals surface area contributed by atoms with Gasteiger partial charge in [0.05, 0.1) is 10.6 Å². The Balaban J connectivity index is 1.78. The summed E-state index contributed by atoms with van der Waals surface area (Å²) in [5.74, 6) is 0.0975. The molecule has 2 unspecified atom stereocenters. The molecule has 2 aliphatic rings.